The van der Waals surface area contributed by atoms with Gasteiger partial charge >= 0.3 is 12.1 Å². The molecule has 0 aliphatic heterocycles. The normalized spacial score (nSPS) is 12.6. The second kappa shape index (κ2) is 5.73. The third-order valence-corrected chi connectivity index (χ3v) is 3.20. The summed E-state index contributed by atoms with van der Waals surface area (Å²) >= 11 is 11.4. The van der Waals surface area contributed by atoms with Crippen LogP contribution in [0.5, 0.6) is 0 Å². The third kappa shape index (κ3) is 3.52. The van der Waals surface area contributed by atoms with Gasteiger partial charge in [-0.05, 0) is 12.1 Å². The number of carbonyl (C=O) groups is 1. The highest BCUT2D eigenvalue weighted by molar-refractivity contribution is 6.41. The van der Waals surface area contributed by atoms with Gasteiger partial charge in [-0.1, -0.05) is 23.2 Å². The topological polar surface area (TPSA) is 43.1 Å². The highest BCUT2D eigenvalue weighted by atomic mass is 35.5. The Bertz CT molecular complexity index is 530. The van der Waals surface area contributed by atoms with Gasteiger partial charge in [-0.3, -0.25) is 4.79 Å². The minimum absolute atomic E-state index is 0.0259. The predicted molar refractivity (Wildman–Crippen MR) is 65.4 cm³/mol. The van der Waals surface area contributed by atoms with Crippen LogP contribution in [0.15, 0.2) is 12.1 Å². The third-order valence-electron chi connectivity index (χ3n) is 2.48. The largest absolute Gasteiger partial charge is 0.453 e. The summed E-state index contributed by atoms with van der Waals surface area (Å²) in [6.45, 7) is 0. The number of halogens is 7. The summed E-state index contributed by atoms with van der Waals surface area (Å²) < 4.78 is 61.4. The molecule has 1 aromatic carbocycles. The van der Waals surface area contributed by atoms with E-state index in [9.17, 15) is 26.7 Å². The molecule has 0 fully saturated rings. The SMILES string of the molecule is Nc1ccc(Cl)c(C(=O)CCC(F)(F)C(F)(F)F)c1Cl. The molecule has 112 valence electrons. The van der Waals surface area contributed by atoms with E-state index in [0.29, 0.717) is 0 Å². The van der Waals surface area contributed by atoms with Crippen molar-refractivity contribution in [3.05, 3.63) is 27.7 Å². The number of hydrogen-bond donors (Lipinski definition) is 1. The zero-order chi connectivity index (χ0) is 15.7. The predicted octanol–water partition coefficient (Wildman–Crippen LogP) is 4.74. The van der Waals surface area contributed by atoms with Crippen molar-refractivity contribution in [2.24, 2.45) is 0 Å². The Morgan fingerprint density at radius 2 is 1.70 bits per heavy atom. The molecule has 0 aliphatic carbocycles. The van der Waals surface area contributed by atoms with Gasteiger partial charge in [-0.25, -0.2) is 0 Å². The maximum Gasteiger partial charge on any atom is 0.453 e. The molecular formula is C11H8Cl2F5NO. The van der Waals surface area contributed by atoms with E-state index in [1.165, 1.54) is 12.1 Å². The molecule has 2 nitrogen and oxygen atoms in total. The first-order valence-electron chi connectivity index (χ1n) is 5.18. The Labute approximate surface area is 120 Å². The second-order valence-electron chi connectivity index (χ2n) is 3.95. The van der Waals surface area contributed by atoms with E-state index in [1.54, 1.807) is 0 Å². The van der Waals surface area contributed by atoms with Crippen LogP contribution >= 0.6 is 23.2 Å². The quantitative estimate of drug-likeness (QED) is 0.490. The van der Waals surface area contributed by atoms with E-state index in [-0.39, 0.29) is 21.3 Å². The Hall–Kier alpha value is -1.08. The van der Waals surface area contributed by atoms with Gasteiger partial charge in [0.25, 0.3) is 0 Å². The van der Waals surface area contributed by atoms with Gasteiger partial charge in [0, 0.05) is 12.8 Å². The van der Waals surface area contributed by atoms with Crippen LogP contribution in [0.1, 0.15) is 23.2 Å². The number of Topliss-reactive ketones (excluding diaryl/α,β-unsaturated/α-hetero) is 1. The minimum atomic E-state index is -5.71. The number of anilines is 1. The number of hydrogen-bond acceptors (Lipinski definition) is 2. The minimum Gasteiger partial charge on any atom is -0.398 e. The molecule has 1 rings (SSSR count). The number of carbonyl (C=O) groups excluding carboxylic acids is 1. The van der Waals surface area contributed by atoms with E-state index in [1.807, 2.05) is 0 Å². The average Bonchev–Trinajstić information content (AvgIpc) is 2.30. The Balaban J connectivity index is 2.92. The van der Waals surface area contributed by atoms with Crippen molar-refractivity contribution in [1.82, 2.24) is 0 Å². The average molecular weight is 336 g/mol. The summed E-state index contributed by atoms with van der Waals surface area (Å²) in [6, 6.07) is 2.49. The maximum atomic E-state index is 12.7. The molecule has 2 N–H and O–H groups in total. The van der Waals surface area contributed by atoms with Gasteiger partial charge in [0.2, 0.25) is 0 Å². The Kier molecular flexibility index (Phi) is 4.86. The highest BCUT2D eigenvalue weighted by Crippen LogP contribution is 2.40. The second-order valence-corrected chi connectivity index (χ2v) is 4.74. The van der Waals surface area contributed by atoms with Crippen LogP contribution in [0.25, 0.3) is 0 Å². The van der Waals surface area contributed by atoms with Crippen LogP contribution < -0.4 is 5.73 Å². The molecule has 0 aromatic heterocycles. The summed E-state index contributed by atoms with van der Waals surface area (Å²) in [5, 5.41) is -0.428. The lowest BCUT2D eigenvalue weighted by atomic mass is 10.0. The molecule has 1 aromatic rings. The van der Waals surface area contributed by atoms with E-state index < -0.39 is 30.7 Å². The standard InChI is InChI=1S/C11H8Cl2F5NO/c12-5-1-2-6(19)9(13)8(5)7(20)3-4-10(14,15)11(16,17)18/h1-2H,3-4,19H2. The Morgan fingerprint density at radius 1 is 1.15 bits per heavy atom. The molecule has 0 unspecified atom stereocenters. The molecule has 0 atom stereocenters. The van der Waals surface area contributed by atoms with Crippen molar-refractivity contribution in [2.45, 2.75) is 24.9 Å². The fourth-order valence-corrected chi connectivity index (χ4v) is 1.94. The molecule has 0 spiro atoms. The molecule has 0 bridgehead atoms. The van der Waals surface area contributed by atoms with Gasteiger partial charge in [0.15, 0.2) is 5.78 Å². The number of rotatable bonds is 4. The molecule has 20 heavy (non-hydrogen) atoms. The van der Waals surface area contributed by atoms with Crippen molar-refractivity contribution >= 4 is 34.7 Å². The van der Waals surface area contributed by atoms with Gasteiger partial charge < -0.3 is 5.73 Å². The first kappa shape index (κ1) is 17.0. The number of nitrogens with two attached hydrogens (primary N) is 1. The summed E-state index contributed by atoms with van der Waals surface area (Å²) in [5.41, 5.74) is 5.03. The summed E-state index contributed by atoms with van der Waals surface area (Å²) in [4.78, 5) is 11.7. The zero-order valence-corrected chi connectivity index (χ0v) is 11.2. The lowest BCUT2D eigenvalue weighted by molar-refractivity contribution is -0.283. The van der Waals surface area contributed by atoms with E-state index in [4.69, 9.17) is 28.9 Å². The molecule has 0 saturated heterocycles. The van der Waals surface area contributed by atoms with E-state index >= 15 is 0 Å². The summed E-state index contributed by atoms with van der Waals surface area (Å²) in [6.07, 6.45) is -8.46. The monoisotopic (exact) mass is 335 g/mol. The van der Waals surface area contributed by atoms with E-state index in [0.717, 1.165) is 0 Å². The van der Waals surface area contributed by atoms with Crippen molar-refractivity contribution < 1.29 is 26.7 Å². The van der Waals surface area contributed by atoms with Crippen LogP contribution in [-0.4, -0.2) is 17.9 Å². The van der Waals surface area contributed by atoms with Crippen LogP contribution in [-0.2, 0) is 0 Å². The van der Waals surface area contributed by atoms with Gasteiger partial charge in [0.05, 0.1) is 21.3 Å². The van der Waals surface area contributed by atoms with Gasteiger partial charge in [-0.15, -0.1) is 0 Å². The van der Waals surface area contributed by atoms with Gasteiger partial charge in [-0.2, -0.15) is 22.0 Å². The molecule has 0 aliphatic rings. The smallest absolute Gasteiger partial charge is 0.398 e. The van der Waals surface area contributed by atoms with Crippen LogP contribution in [0, 0.1) is 0 Å². The lowest BCUT2D eigenvalue weighted by Gasteiger charge is -2.19. The van der Waals surface area contributed by atoms with E-state index in [2.05, 4.69) is 0 Å². The number of benzene rings is 1. The number of ketones is 1. The first-order valence-corrected chi connectivity index (χ1v) is 5.94. The highest BCUT2D eigenvalue weighted by Gasteiger charge is 2.56. The van der Waals surface area contributed by atoms with Gasteiger partial charge in [0.1, 0.15) is 0 Å². The van der Waals surface area contributed by atoms with Crippen molar-refractivity contribution in [3.8, 4) is 0 Å². The molecule has 0 heterocycles. The van der Waals surface area contributed by atoms with Crippen LogP contribution in [0.4, 0.5) is 27.6 Å². The maximum absolute atomic E-state index is 12.7. The molecular weight excluding hydrogens is 328 g/mol. The lowest BCUT2D eigenvalue weighted by Crippen LogP contribution is -2.36. The van der Waals surface area contributed by atoms with Crippen molar-refractivity contribution in [2.75, 3.05) is 5.73 Å². The van der Waals surface area contributed by atoms with Crippen LogP contribution in [0.2, 0.25) is 10.0 Å². The van der Waals surface area contributed by atoms with Crippen molar-refractivity contribution in [1.29, 1.82) is 0 Å². The molecule has 0 amide bonds. The fourth-order valence-electron chi connectivity index (χ4n) is 1.36. The molecule has 9 heteroatoms. The fraction of sp³-hybridized carbons (Fsp3) is 0.364. The molecule has 0 saturated carbocycles. The molecule has 0 radical (unpaired) electrons. The summed E-state index contributed by atoms with van der Waals surface area (Å²) in [7, 11) is 0. The Morgan fingerprint density at radius 3 is 2.20 bits per heavy atom. The zero-order valence-electron chi connectivity index (χ0n) is 9.70. The van der Waals surface area contributed by atoms with Crippen LogP contribution in [0.3, 0.4) is 0 Å². The number of nitrogen functional groups attached to an aromatic ring is 1. The summed E-state index contributed by atoms with van der Waals surface area (Å²) in [5.74, 6) is -5.99. The number of alkyl halides is 5. The first-order chi connectivity index (χ1) is 8.97. The van der Waals surface area contributed by atoms with Crippen molar-refractivity contribution in [3.63, 3.8) is 0 Å².